The predicted molar refractivity (Wildman–Crippen MR) is 74.8 cm³/mol. The van der Waals surface area contributed by atoms with E-state index >= 15 is 0 Å². The summed E-state index contributed by atoms with van der Waals surface area (Å²) in [5.41, 5.74) is 1.69. The van der Waals surface area contributed by atoms with Crippen molar-refractivity contribution < 1.29 is 8.42 Å². The summed E-state index contributed by atoms with van der Waals surface area (Å²) in [6.07, 6.45) is 0. The summed E-state index contributed by atoms with van der Waals surface area (Å²) in [6, 6.07) is 7.61. The molecule has 1 aromatic rings. The van der Waals surface area contributed by atoms with Gasteiger partial charge in [-0.15, -0.1) is 0 Å². The molecule has 0 spiro atoms. The SMILES string of the molecule is CCNC(C)c1ccc(NS(=O)(=O)NCC)cc1. The van der Waals surface area contributed by atoms with Crippen LogP contribution >= 0.6 is 0 Å². The van der Waals surface area contributed by atoms with Crippen molar-refractivity contribution in [1.29, 1.82) is 0 Å². The average Bonchev–Trinajstić information content (AvgIpc) is 2.29. The minimum absolute atomic E-state index is 0.259. The number of nitrogens with one attached hydrogen (secondary N) is 3. The largest absolute Gasteiger partial charge is 0.310 e. The lowest BCUT2D eigenvalue weighted by atomic mass is 10.1. The maximum absolute atomic E-state index is 11.5. The van der Waals surface area contributed by atoms with Gasteiger partial charge in [0.2, 0.25) is 0 Å². The zero-order chi connectivity index (χ0) is 13.6. The Kier molecular flexibility index (Phi) is 5.58. The summed E-state index contributed by atoms with van der Waals surface area (Å²) in [4.78, 5) is 0. The van der Waals surface area contributed by atoms with E-state index in [4.69, 9.17) is 0 Å². The van der Waals surface area contributed by atoms with E-state index in [-0.39, 0.29) is 6.04 Å². The van der Waals surface area contributed by atoms with Crippen LogP contribution < -0.4 is 14.8 Å². The predicted octanol–water partition coefficient (Wildman–Crippen LogP) is 1.62. The number of rotatable bonds is 7. The lowest BCUT2D eigenvalue weighted by Gasteiger charge is -2.13. The van der Waals surface area contributed by atoms with Gasteiger partial charge in [0.25, 0.3) is 10.2 Å². The van der Waals surface area contributed by atoms with Gasteiger partial charge >= 0.3 is 0 Å². The van der Waals surface area contributed by atoms with Crippen LogP contribution in [0, 0.1) is 0 Å². The van der Waals surface area contributed by atoms with Crippen LogP contribution in [0.1, 0.15) is 32.4 Å². The molecule has 5 nitrogen and oxygen atoms in total. The molecule has 1 unspecified atom stereocenters. The first kappa shape index (κ1) is 14.9. The maximum atomic E-state index is 11.5. The Bertz CT molecular complexity index is 457. The molecule has 18 heavy (non-hydrogen) atoms. The highest BCUT2D eigenvalue weighted by Gasteiger charge is 2.08. The Morgan fingerprint density at radius 3 is 2.22 bits per heavy atom. The Morgan fingerprint density at radius 1 is 1.11 bits per heavy atom. The molecule has 0 aromatic heterocycles. The van der Waals surface area contributed by atoms with Crippen molar-refractivity contribution in [2.24, 2.45) is 0 Å². The fourth-order valence-corrected chi connectivity index (χ4v) is 2.54. The molecular formula is C12H21N3O2S. The molecule has 0 bridgehead atoms. The van der Waals surface area contributed by atoms with Gasteiger partial charge in [0, 0.05) is 18.3 Å². The van der Waals surface area contributed by atoms with E-state index in [1.54, 1.807) is 19.1 Å². The van der Waals surface area contributed by atoms with E-state index < -0.39 is 10.2 Å². The van der Waals surface area contributed by atoms with Crippen LogP contribution in [0.2, 0.25) is 0 Å². The topological polar surface area (TPSA) is 70.2 Å². The summed E-state index contributed by atoms with van der Waals surface area (Å²) in [5, 5.41) is 3.30. The molecule has 0 aliphatic carbocycles. The lowest BCUT2D eigenvalue weighted by Crippen LogP contribution is -2.29. The molecule has 1 atom stereocenters. The Balaban J connectivity index is 2.71. The first-order valence-corrected chi connectivity index (χ1v) is 7.57. The van der Waals surface area contributed by atoms with Crippen molar-refractivity contribution >= 4 is 15.9 Å². The first-order valence-electron chi connectivity index (χ1n) is 6.09. The Labute approximate surface area is 109 Å². The van der Waals surface area contributed by atoms with Crippen LogP contribution in [0.3, 0.4) is 0 Å². The summed E-state index contributed by atoms with van der Waals surface area (Å²) >= 11 is 0. The van der Waals surface area contributed by atoms with Gasteiger partial charge in [0.05, 0.1) is 0 Å². The lowest BCUT2D eigenvalue weighted by molar-refractivity contribution is 0.589. The zero-order valence-corrected chi connectivity index (χ0v) is 11.8. The van der Waals surface area contributed by atoms with Crippen molar-refractivity contribution in [3.05, 3.63) is 29.8 Å². The van der Waals surface area contributed by atoms with E-state index in [0.717, 1.165) is 12.1 Å². The summed E-state index contributed by atoms with van der Waals surface area (Å²) in [5.74, 6) is 0. The van der Waals surface area contributed by atoms with Gasteiger partial charge in [-0.25, -0.2) is 0 Å². The molecule has 6 heteroatoms. The Hall–Kier alpha value is -1.11. The highest BCUT2D eigenvalue weighted by molar-refractivity contribution is 7.90. The molecular weight excluding hydrogens is 250 g/mol. The van der Waals surface area contributed by atoms with Crippen LogP contribution in [0.4, 0.5) is 5.69 Å². The van der Waals surface area contributed by atoms with Crippen LogP contribution in [-0.4, -0.2) is 21.5 Å². The highest BCUT2D eigenvalue weighted by atomic mass is 32.2. The van der Waals surface area contributed by atoms with Crippen LogP contribution in [-0.2, 0) is 10.2 Å². The fraction of sp³-hybridized carbons (Fsp3) is 0.500. The number of benzene rings is 1. The quantitative estimate of drug-likeness (QED) is 0.706. The van der Waals surface area contributed by atoms with E-state index in [1.165, 1.54) is 0 Å². The van der Waals surface area contributed by atoms with E-state index in [1.807, 2.05) is 12.1 Å². The minimum atomic E-state index is -3.44. The summed E-state index contributed by atoms with van der Waals surface area (Å²) < 4.78 is 27.8. The average molecular weight is 271 g/mol. The monoisotopic (exact) mass is 271 g/mol. The van der Waals surface area contributed by atoms with Gasteiger partial charge in [-0.05, 0) is 31.2 Å². The minimum Gasteiger partial charge on any atom is -0.310 e. The molecule has 0 saturated carbocycles. The van der Waals surface area contributed by atoms with Gasteiger partial charge in [0.15, 0.2) is 0 Å². The summed E-state index contributed by atoms with van der Waals surface area (Å²) in [6.45, 7) is 7.12. The molecule has 3 N–H and O–H groups in total. The first-order chi connectivity index (χ1) is 8.48. The second kappa shape index (κ2) is 6.72. The molecule has 0 heterocycles. The third-order valence-electron chi connectivity index (χ3n) is 2.51. The van der Waals surface area contributed by atoms with Crippen molar-refractivity contribution in [3.63, 3.8) is 0 Å². The van der Waals surface area contributed by atoms with Crippen LogP contribution in [0.5, 0.6) is 0 Å². The number of hydrogen-bond donors (Lipinski definition) is 3. The summed E-state index contributed by atoms with van der Waals surface area (Å²) in [7, 11) is -3.44. The van der Waals surface area contributed by atoms with E-state index in [0.29, 0.717) is 12.2 Å². The third kappa shape index (κ3) is 4.64. The second-order valence-corrected chi connectivity index (χ2v) is 5.50. The van der Waals surface area contributed by atoms with Crippen molar-refractivity contribution in [2.75, 3.05) is 17.8 Å². The van der Waals surface area contributed by atoms with Gasteiger partial charge in [-0.1, -0.05) is 26.0 Å². The van der Waals surface area contributed by atoms with Gasteiger partial charge in [-0.3, -0.25) is 4.72 Å². The normalized spacial score (nSPS) is 13.3. The maximum Gasteiger partial charge on any atom is 0.299 e. The number of hydrogen-bond acceptors (Lipinski definition) is 3. The molecule has 1 rings (SSSR count). The molecule has 0 aliphatic rings. The molecule has 1 aromatic carbocycles. The zero-order valence-electron chi connectivity index (χ0n) is 11.0. The molecule has 0 radical (unpaired) electrons. The molecule has 0 amide bonds. The standard InChI is InChI=1S/C12H21N3O2S/c1-4-13-10(3)11-6-8-12(9-7-11)15-18(16,17)14-5-2/h6-10,13-15H,4-5H2,1-3H3. The van der Waals surface area contributed by atoms with Crippen LogP contribution in [0.15, 0.2) is 24.3 Å². The number of anilines is 1. The van der Waals surface area contributed by atoms with Gasteiger partial charge in [-0.2, -0.15) is 13.1 Å². The molecule has 0 fully saturated rings. The van der Waals surface area contributed by atoms with Crippen molar-refractivity contribution in [3.8, 4) is 0 Å². The Morgan fingerprint density at radius 2 is 1.72 bits per heavy atom. The van der Waals surface area contributed by atoms with E-state index in [2.05, 4.69) is 28.6 Å². The van der Waals surface area contributed by atoms with Crippen LogP contribution in [0.25, 0.3) is 0 Å². The van der Waals surface area contributed by atoms with Crippen molar-refractivity contribution in [2.45, 2.75) is 26.8 Å². The second-order valence-electron chi connectivity index (χ2n) is 4.00. The van der Waals surface area contributed by atoms with Crippen molar-refractivity contribution in [1.82, 2.24) is 10.0 Å². The molecule has 102 valence electrons. The fourth-order valence-electron chi connectivity index (χ4n) is 1.65. The van der Waals surface area contributed by atoms with Gasteiger partial charge in [0.1, 0.15) is 0 Å². The van der Waals surface area contributed by atoms with Gasteiger partial charge < -0.3 is 5.32 Å². The molecule has 0 saturated heterocycles. The smallest absolute Gasteiger partial charge is 0.299 e. The third-order valence-corrected chi connectivity index (χ3v) is 3.68. The highest BCUT2D eigenvalue weighted by Crippen LogP contribution is 2.16. The van der Waals surface area contributed by atoms with E-state index in [9.17, 15) is 8.42 Å². The molecule has 0 aliphatic heterocycles.